The van der Waals surface area contributed by atoms with Crippen molar-refractivity contribution in [3.8, 4) is 0 Å². The van der Waals surface area contributed by atoms with Gasteiger partial charge in [-0.1, -0.05) is 5.16 Å². The van der Waals surface area contributed by atoms with Crippen molar-refractivity contribution in [1.82, 2.24) is 20.4 Å². The maximum absolute atomic E-state index is 11.8. The van der Waals surface area contributed by atoms with Crippen molar-refractivity contribution in [3.05, 3.63) is 34.5 Å². The SMILES string of the molecule is Nc1ncc(Br)cc1C(=O)NCCc1ncon1. The molecule has 0 saturated carbocycles. The lowest BCUT2D eigenvalue weighted by Crippen LogP contribution is -2.27. The molecule has 2 aromatic rings. The van der Waals surface area contributed by atoms with E-state index in [1.54, 1.807) is 6.07 Å². The smallest absolute Gasteiger partial charge is 0.255 e. The number of nitrogen functional groups attached to an aromatic ring is 1. The number of carbonyl (C=O) groups excluding carboxylic acids is 1. The van der Waals surface area contributed by atoms with Gasteiger partial charge in [0.1, 0.15) is 5.82 Å². The van der Waals surface area contributed by atoms with Gasteiger partial charge in [-0.25, -0.2) is 4.98 Å². The highest BCUT2D eigenvalue weighted by Crippen LogP contribution is 2.15. The predicted molar refractivity (Wildman–Crippen MR) is 66.7 cm³/mol. The molecule has 8 heteroatoms. The molecule has 0 aromatic carbocycles. The normalized spacial score (nSPS) is 10.3. The number of pyridine rings is 1. The number of nitrogens with one attached hydrogen (secondary N) is 1. The van der Waals surface area contributed by atoms with Crippen LogP contribution in [0.5, 0.6) is 0 Å². The molecule has 0 bridgehead atoms. The molecule has 1 amide bonds. The Labute approximate surface area is 111 Å². The van der Waals surface area contributed by atoms with Gasteiger partial charge in [0.2, 0.25) is 6.39 Å². The average Bonchev–Trinajstić information content (AvgIpc) is 2.85. The Hall–Kier alpha value is -1.96. The quantitative estimate of drug-likeness (QED) is 0.864. The number of halogens is 1. The molecule has 18 heavy (non-hydrogen) atoms. The maximum atomic E-state index is 11.8. The molecule has 7 nitrogen and oxygen atoms in total. The molecular formula is C10H10BrN5O2. The minimum Gasteiger partial charge on any atom is -0.383 e. The second-order valence-electron chi connectivity index (χ2n) is 3.44. The number of nitrogens with two attached hydrogens (primary N) is 1. The van der Waals surface area contributed by atoms with E-state index in [-0.39, 0.29) is 11.7 Å². The highest BCUT2D eigenvalue weighted by molar-refractivity contribution is 9.10. The van der Waals surface area contributed by atoms with Crippen molar-refractivity contribution in [3.63, 3.8) is 0 Å². The molecule has 0 unspecified atom stereocenters. The molecule has 0 saturated heterocycles. The fourth-order valence-corrected chi connectivity index (χ4v) is 1.65. The van der Waals surface area contributed by atoms with E-state index >= 15 is 0 Å². The summed E-state index contributed by atoms with van der Waals surface area (Å²) in [7, 11) is 0. The van der Waals surface area contributed by atoms with Gasteiger partial charge in [-0.05, 0) is 22.0 Å². The molecule has 0 spiro atoms. The zero-order chi connectivity index (χ0) is 13.0. The molecule has 2 aromatic heterocycles. The minimum atomic E-state index is -0.287. The van der Waals surface area contributed by atoms with Gasteiger partial charge in [0.05, 0.1) is 5.56 Å². The predicted octanol–water partition coefficient (Wildman–Crippen LogP) is 0.782. The summed E-state index contributed by atoms with van der Waals surface area (Å²) >= 11 is 3.23. The molecule has 0 aliphatic heterocycles. The van der Waals surface area contributed by atoms with Crippen molar-refractivity contribution >= 4 is 27.7 Å². The minimum absolute atomic E-state index is 0.190. The summed E-state index contributed by atoms with van der Waals surface area (Å²) in [5.41, 5.74) is 5.96. The van der Waals surface area contributed by atoms with E-state index in [4.69, 9.17) is 5.73 Å². The van der Waals surface area contributed by atoms with E-state index in [0.29, 0.717) is 28.8 Å². The van der Waals surface area contributed by atoms with E-state index in [9.17, 15) is 4.79 Å². The molecule has 0 radical (unpaired) electrons. The van der Waals surface area contributed by atoms with Gasteiger partial charge in [0.15, 0.2) is 5.82 Å². The van der Waals surface area contributed by atoms with E-state index in [0.717, 1.165) is 0 Å². The zero-order valence-corrected chi connectivity index (χ0v) is 10.8. The van der Waals surface area contributed by atoms with E-state index < -0.39 is 0 Å². The Kier molecular flexibility index (Phi) is 3.88. The topological polar surface area (TPSA) is 107 Å². The second kappa shape index (κ2) is 5.58. The Bertz CT molecular complexity index is 543. The number of anilines is 1. The van der Waals surface area contributed by atoms with Crippen LogP contribution in [0.15, 0.2) is 27.7 Å². The first kappa shape index (κ1) is 12.5. The van der Waals surface area contributed by atoms with Crippen LogP contribution in [0.2, 0.25) is 0 Å². The Balaban J connectivity index is 1.93. The average molecular weight is 312 g/mol. The molecule has 94 valence electrons. The van der Waals surface area contributed by atoms with Crippen molar-refractivity contribution in [1.29, 1.82) is 0 Å². The summed E-state index contributed by atoms with van der Waals surface area (Å²) in [5.74, 6) is 0.440. The van der Waals surface area contributed by atoms with Crippen LogP contribution in [0.1, 0.15) is 16.2 Å². The third-order valence-electron chi connectivity index (χ3n) is 2.17. The summed E-state index contributed by atoms with van der Waals surface area (Å²) in [5, 5.41) is 6.34. The van der Waals surface area contributed by atoms with E-state index in [2.05, 4.69) is 40.9 Å². The van der Waals surface area contributed by atoms with Crippen LogP contribution < -0.4 is 11.1 Å². The molecule has 2 heterocycles. The summed E-state index contributed by atoms with van der Waals surface area (Å²) < 4.78 is 5.28. The Morgan fingerprint density at radius 1 is 1.50 bits per heavy atom. The van der Waals surface area contributed by atoms with Crippen LogP contribution in [-0.2, 0) is 6.42 Å². The van der Waals surface area contributed by atoms with Gasteiger partial charge >= 0.3 is 0 Å². The standard InChI is InChI=1S/C10H10BrN5O2/c11-6-3-7(9(12)14-4-6)10(17)13-2-1-8-15-5-18-16-8/h3-5H,1-2H2,(H2,12,14)(H,13,17). The molecule has 0 fully saturated rings. The van der Waals surface area contributed by atoms with Crippen LogP contribution in [0.25, 0.3) is 0 Å². The third-order valence-corrected chi connectivity index (χ3v) is 2.60. The monoisotopic (exact) mass is 311 g/mol. The number of rotatable bonds is 4. The lowest BCUT2D eigenvalue weighted by atomic mass is 10.2. The molecule has 3 N–H and O–H groups in total. The maximum Gasteiger partial charge on any atom is 0.255 e. The summed E-state index contributed by atoms with van der Waals surface area (Å²) in [6.07, 6.45) is 3.27. The highest BCUT2D eigenvalue weighted by atomic mass is 79.9. The summed E-state index contributed by atoms with van der Waals surface area (Å²) in [6.45, 7) is 0.393. The van der Waals surface area contributed by atoms with Crippen LogP contribution >= 0.6 is 15.9 Å². The first-order valence-electron chi connectivity index (χ1n) is 5.11. The first-order chi connectivity index (χ1) is 8.66. The largest absolute Gasteiger partial charge is 0.383 e. The van der Waals surface area contributed by atoms with Gasteiger partial charge < -0.3 is 15.6 Å². The molecule has 0 aliphatic carbocycles. The highest BCUT2D eigenvalue weighted by Gasteiger charge is 2.11. The van der Waals surface area contributed by atoms with E-state index in [1.807, 2.05) is 0 Å². The van der Waals surface area contributed by atoms with Gasteiger partial charge in [0.25, 0.3) is 5.91 Å². The molecular weight excluding hydrogens is 302 g/mol. The fraction of sp³-hybridized carbons (Fsp3) is 0.200. The van der Waals surface area contributed by atoms with Crippen molar-refractivity contribution in [2.75, 3.05) is 12.3 Å². The second-order valence-corrected chi connectivity index (χ2v) is 4.36. The zero-order valence-electron chi connectivity index (χ0n) is 9.26. The number of carbonyl (C=O) groups is 1. The lowest BCUT2D eigenvalue weighted by Gasteiger charge is -2.06. The van der Waals surface area contributed by atoms with Crippen molar-refractivity contribution in [2.45, 2.75) is 6.42 Å². The Morgan fingerprint density at radius 3 is 3.06 bits per heavy atom. The molecule has 0 atom stereocenters. The fourth-order valence-electron chi connectivity index (χ4n) is 1.32. The van der Waals surface area contributed by atoms with Crippen molar-refractivity contribution in [2.24, 2.45) is 0 Å². The van der Waals surface area contributed by atoms with Crippen LogP contribution in [0.3, 0.4) is 0 Å². The number of amides is 1. The van der Waals surface area contributed by atoms with Gasteiger partial charge in [0, 0.05) is 23.6 Å². The third kappa shape index (κ3) is 3.04. The summed E-state index contributed by atoms with van der Waals surface area (Å²) in [6, 6.07) is 1.62. The number of nitrogens with zero attached hydrogens (tertiary/aromatic N) is 3. The number of aromatic nitrogens is 3. The van der Waals surface area contributed by atoms with Gasteiger partial charge in [-0.3, -0.25) is 4.79 Å². The lowest BCUT2D eigenvalue weighted by molar-refractivity contribution is 0.0954. The Morgan fingerprint density at radius 2 is 2.33 bits per heavy atom. The first-order valence-corrected chi connectivity index (χ1v) is 5.90. The van der Waals surface area contributed by atoms with Gasteiger partial charge in [-0.2, -0.15) is 4.98 Å². The van der Waals surface area contributed by atoms with Crippen LogP contribution in [0.4, 0.5) is 5.82 Å². The molecule has 0 aliphatic rings. The molecule has 2 rings (SSSR count). The number of hydrogen-bond donors (Lipinski definition) is 2. The van der Waals surface area contributed by atoms with Crippen LogP contribution in [0, 0.1) is 0 Å². The van der Waals surface area contributed by atoms with Crippen LogP contribution in [-0.4, -0.2) is 27.6 Å². The van der Waals surface area contributed by atoms with Crippen molar-refractivity contribution < 1.29 is 9.32 Å². The number of hydrogen-bond acceptors (Lipinski definition) is 6. The van der Waals surface area contributed by atoms with Gasteiger partial charge in [-0.15, -0.1) is 0 Å². The summed E-state index contributed by atoms with van der Waals surface area (Å²) in [4.78, 5) is 19.6. The van der Waals surface area contributed by atoms with E-state index in [1.165, 1.54) is 12.6 Å².